The molecule has 5 atom stereocenters. The predicted molar refractivity (Wildman–Crippen MR) is 76.7 cm³/mol. The number of hydrogen-bond acceptors (Lipinski definition) is 8. The minimum absolute atomic E-state index is 0.626. The average Bonchev–Trinajstić information content (AvgIpc) is 2.45. The third-order valence-corrected chi connectivity index (χ3v) is 3.32. The summed E-state index contributed by atoms with van der Waals surface area (Å²) in [5, 5.41) is 40.2. The molecule has 0 saturated heterocycles. The lowest BCUT2D eigenvalue weighted by atomic mass is 10.0. The summed E-state index contributed by atoms with van der Waals surface area (Å²) in [6, 6.07) is -1.29. The van der Waals surface area contributed by atoms with Gasteiger partial charge < -0.3 is 40.3 Å². The maximum atomic E-state index is 11.1. The van der Waals surface area contributed by atoms with Gasteiger partial charge in [0.1, 0.15) is 18.3 Å². The number of carboxylic acids is 1. The molecular formula is C11H22NO11P. The van der Waals surface area contributed by atoms with Crippen molar-refractivity contribution in [3.05, 3.63) is 0 Å². The number of aliphatic hydroxyl groups excluding tert-OH is 3. The van der Waals surface area contributed by atoms with Gasteiger partial charge in [-0.25, -0.2) is 9.36 Å². The van der Waals surface area contributed by atoms with Crippen LogP contribution >= 0.6 is 7.82 Å². The van der Waals surface area contributed by atoms with Gasteiger partial charge in [0.2, 0.25) is 5.91 Å². The molecule has 0 aliphatic rings. The van der Waals surface area contributed by atoms with E-state index in [1.807, 2.05) is 0 Å². The van der Waals surface area contributed by atoms with Gasteiger partial charge in [-0.05, 0) is 6.92 Å². The Morgan fingerprint density at radius 1 is 1.25 bits per heavy atom. The zero-order chi connectivity index (χ0) is 19.1. The first kappa shape index (κ1) is 22.9. The Morgan fingerprint density at radius 3 is 2.17 bits per heavy atom. The van der Waals surface area contributed by atoms with E-state index < -0.39 is 63.4 Å². The van der Waals surface area contributed by atoms with Gasteiger partial charge in [-0.1, -0.05) is 0 Å². The number of rotatable bonds is 11. The largest absolute Gasteiger partial charge is 0.479 e. The third kappa shape index (κ3) is 8.66. The number of carbonyl (C=O) groups is 2. The minimum Gasteiger partial charge on any atom is -0.479 e. The van der Waals surface area contributed by atoms with Crippen LogP contribution in [-0.4, -0.2) is 85.8 Å². The van der Waals surface area contributed by atoms with Gasteiger partial charge in [0.05, 0.1) is 19.3 Å². The van der Waals surface area contributed by atoms with E-state index in [4.69, 9.17) is 19.6 Å². The molecule has 0 bridgehead atoms. The van der Waals surface area contributed by atoms with E-state index in [0.29, 0.717) is 0 Å². The number of carbonyl (C=O) groups excluding carboxylic acids is 1. The van der Waals surface area contributed by atoms with Crippen molar-refractivity contribution in [3.8, 4) is 0 Å². The molecule has 0 spiro atoms. The Kier molecular flexibility index (Phi) is 9.55. The van der Waals surface area contributed by atoms with Crippen molar-refractivity contribution < 1.29 is 53.6 Å². The van der Waals surface area contributed by atoms with Gasteiger partial charge in [-0.2, -0.15) is 0 Å². The summed E-state index contributed by atoms with van der Waals surface area (Å²) in [5.41, 5.74) is 0. The van der Waals surface area contributed by atoms with Gasteiger partial charge in [0, 0.05) is 6.92 Å². The van der Waals surface area contributed by atoms with E-state index in [1.54, 1.807) is 0 Å². The second-order valence-electron chi connectivity index (χ2n) is 4.92. The maximum Gasteiger partial charge on any atom is 0.469 e. The maximum absolute atomic E-state index is 11.1. The molecule has 0 aromatic carbocycles. The first-order valence-electron chi connectivity index (χ1n) is 6.71. The fourth-order valence-electron chi connectivity index (χ4n) is 1.69. The van der Waals surface area contributed by atoms with Gasteiger partial charge in [0.15, 0.2) is 6.10 Å². The fraction of sp³-hybridized carbons (Fsp3) is 0.818. The van der Waals surface area contributed by atoms with Crippen LogP contribution in [0.25, 0.3) is 0 Å². The number of aliphatic carboxylic acids is 1. The van der Waals surface area contributed by atoms with Crippen LogP contribution in [0.2, 0.25) is 0 Å². The summed E-state index contributed by atoms with van der Waals surface area (Å²) in [6.45, 7) is 0.452. The highest BCUT2D eigenvalue weighted by atomic mass is 31.2. The Morgan fingerprint density at radius 2 is 1.79 bits per heavy atom. The first-order chi connectivity index (χ1) is 10.9. The van der Waals surface area contributed by atoms with Crippen LogP contribution in [0.1, 0.15) is 13.8 Å². The molecule has 0 fully saturated rings. The third-order valence-electron chi connectivity index (χ3n) is 2.84. The Labute approximate surface area is 137 Å². The fourth-order valence-corrected chi connectivity index (χ4v) is 2.04. The van der Waals surface area contributed by atoms with Crippen LogP contribution in [0, 0.1) is 0 Å². The molecule has 0 rings (SSSR count). The van der Waals surface area contributed by atoms with Crippen molar-refractivity contribution in [2.75, 3.05) is 13.2 Å². The lowest BCUT2D eigenvalue weighted by molar-refractivity contribution is -0.169. The lowest BCUT2D eigenvalue weighted by Crippen LogP contribution is -2.56. The number of aliphatic hydroxyl groups is 3. The molecule has 1 amide bonds. The summed E-state index contributed by atoms with van der Waals surface area (Å²) in [7, 11) is -4.91. The highest BCUT2D eigenvalue weighted by Gasteiger charge is 2.37. The van der Waals surface area contributed by atoms with E-state index in [1.165, 1.54) is 0 Å². The van der Waals surface area contributed by atoms with Gasteiger partial charge >= 0.3 is 13.8 Å². The van der Waals surface area contributed by atoms with Crippen molar-refractivity contribution in [3.63, 3.8) is 0 Å². The van der Waals surface area contributed by atoms with Crippen LogP contribution in [0.3, 0.4) is 0 Å². The summed E-state index contributed by atoms with van der Waals surface area (Å²) >= 11 is 0. The smallest absolute Gasteiger partial charge is 0.469 e. The number of ether oxygens (including phenoxy) is 1. The van der Waals surface area contributed by atoms with Gasteiger partial charge in [-0.15, -0.1) is 0 Å². The lowest BCUT2D eigenvalue weighted by Gasteiger charge is -2.33. The van der Waals surface area contributed by atoms with Crippen LogP contribution in [0.5, 0.6) is 0 Å². The van der Waals surface area contributed by atoms with E-state index in [-0.39, 0.29) is 0 Å². The molecule has 7 N–H and O–H groups in total. The van der Waals surface area contributed by atoms with Crippen molar-refractivity contribution in [2.24, 2.45) is 0 Å². The molecular weight excluding hydrogens is 353 g/mol. The van der Waals surface area contributed by atoms with E-state index in [0.717, 1.165) is 13.8 Å². The second kappa shape index (κ2) is 10.0. The molecule has 24 heavy (non-hydrogen) atoms. The number of amides is 1. The molecule has 5 unspecified atom stereocenters. The predicted octanol–water partition coefficient (Wildman–Crippen LogP) is -2.83. The molecule has 12 nitrogen and oxygen atoms in total. The van der Waals surface area contributed by atoms with Crippen molar-refractivity contribution >= 4 is 19.7 Å². The standard InChI is InChI=1S/C11H22NO11P/c1-5(11(17)18)23-10(7(3-13)12-6(2)14)9(16)8(15)4-22-24(19,20)21/h5,7-10,13,15-16H,3-4H2,1-2H3,(H,12,14)(H,17,18)(H2,19,20,21). The molecule has 142 valence electrons. The van der Waals surface area contributed by atoms with Crippen molar-refractivity contribution in [1.82, 2.24) is 5.32 Å². The molecule has 0 aliphatic carbocycles. The molecule has 13 heteroatoms. The number of carboxylic acid groups (broad SMARTS) is 1. The van der Waals surface area contributed by atoms with E-state index in [9.17, 15) is 29.5 Å². The van der Waals surface area contributed by atoms with E-state index >= 15 is 0 Å². The molecule has 0 saturated carbocycles. The van der Waals surface area contributed by atoms with Gasteiger partial charge in [-0.3, -0.25) is 9.32 Å². The number of phosphoric acid groups is 1. The zero-order valence-corrected chi connectivity index (χ0v) is 13.9. The summed E-state index contributed by atoms with van der Waals surface area (Å²) in [6.07, 6.45) is -6.89. The molecule has 0 aromatic rings. The Balaban J connectivity index is 5.22. The summed E-state index contributed by atoms with van der Waals surface area (Å²) in [5.74, 6) is -2.04. The minimum atomic E-state index is -4.91. The van der Waals surface area contributed by atoms with Crippen molar-refractivity contribution in [1.29, 1.82) is 0 Å². The average molecular weight is 375 g/mol. The quantitative estimate of drug-likeness (QED) is 0.183. The molecule has 0 aliphatic heterocycles. The van der Waals surface area contributed by atoms with Crippen LogP contribution in [-0.2, 0) is 23.4 Å². The summed E-state index contributed by atoms with van der Waals surface area (Å²) < 4.78 is 19.7. The zero-order valence-electron chi connectivity index (χ0n) is 13.0. The highest BCUT2D eigenvalue weighted by Crippen LogP contribution is 2.36. The molecule has 0 radical (unpaired) electrons. The second-order valence-corrected chi connectivity index (χ2v) is 6.15. The monoisotopic (exact) mass is 375 g/mol. The Bertz CT molecular complexity index is 467. The van der Waals surface area contributed by atoms with Crippen molar-refractivity contribution in [2.45, 2.75) is 44.3 Å². The SMILES string of the molecule is CC(=O)NC(CO)C(OC(C)C(=O)O)C(O)C(O)COP(=O)(O)O. The van der Waals surface area contributed by atoms with Crippen LogP contribution in [0.15, 0.2) is 0 Å². The highest BCUT2D eigenvalue weighted by molar-refractivity contribution is 7.46. The van der Waals surface area contributed by atoms with Crippen LogP contribution < -0.4 is 5.32 Å². The Hall–Kier alpha value is -1.11. The first-order valence-corrected chi connectivity index (χ1v) is 8.24. The number of hydrogen-bond donors (Lipinski definition) is 7. The molecule has 0 heterocycles. The normalized spacial score (nSPS) is 18.3. The van der Waals surface area contributed by atoms with Crippen LogP contribution in [0.4, 0.5) is 0 Å². The molecule has 0 aromatic heterocycles. The summed E-state index contributed by atoms with van der Waals surface area (Å²) in [4.78, 5) is 39.1. The van der Waals surface area contributed by atoms with Gasteiger partial charge in [0.25, 0.3) is 0 Å². The van der Waals surface area contributed by atoms with E-state index in [2.05, 4.69) is 9.84 Å². The number of nitrogens with one attached hydrogen (secondary N) is 1. The topological polar surface area (TPSA) is 203 Å². The number of phosphoric ester groups is 1.